The van der Waals surface area contributed by atoms with Gasteiger partial charge < -0.3 is 10.6 Å². The number of nitrogens with zero attached hydrogens (tertiary/aromatic N) is 4. The summed E-state index contributed by atoms with van der Waals surface area (Å²) in [5.74, 6) is 0.101. The van der Waals surface area contributed by atoms with Gasteiger partial charge in [-0.3, -0.25) is 14.7 Å². The Balaban J connectivity index is 0.000000186. The number of nitrogens with two attached hydrogens (primary N) is 1. The van der Waals surface area contributed by atoms with Gasteiger partial charge in [-0.1, -0.05) is 66.7 Å². The number of aromatic nitrogens is 1. The molecule has 4 rings (SSSR count). The minimum Gasteiger partial charge on any atom is -0.340 e. The van der Waals surface area contributed by atoms with E-state index in [9.17, 15) is 10.1 Å². The van der Waals surface area contributed by atoms with Gasteiger partial charge in [0.25, 0.3) is 0 Å². The Labute approximate surface area is 189 Å². The predicted molar refractivity (Wildman–Crippen MR) is 125 cm³/mol. The largest absolute Gasteiger partial charge is 0.340 e. The lowest BCUT2D eigenvalue weighted by Gasteiger charge is -2.36. The second-order valence-electron chi connectivity index (χ2n) is 7.66. The normalized spacial score (nSPS) is 14.8. The molecule has 0 bridgehead atoms. The fourth-order valence-electron chi connectivity index (χ4n) is 3.71. The highest BCUT2D eigenvalue weighted by atomic mass is 16.2. The molecule has 1 amide bonds. The monoisotopic (exact) mass is 427 g/mol. The van der Waals surface area contributed by atoms with Gasteiger partial charge in [-0.25, -0.2) is 0 Å². The third-order valence-corrected chi connectivity index (χ3v) is 5.56. The molecule has 32 heavy (non-hydrogen) atoms. The first kappa shape index (κ1) is 23.1. The number of hydrogen-bond acceptors (Lipinski definition) is 5. The maximum atomic E-state index is 11.2. The van der Waals surface area contributed by atoms with E-state index in [-0.39, 0.29) is 18.0 Å². The average Bonchev–Trinajstić information content (AvgIpc) is 2.86. The van der Waals surface area contributed by atoms with Crippen LogP contribution in [0.1, 0.15) is 35.7 Å². The highest BCUT2D eigenvalue weighted by Crippen LogP contribution is 2.20. The van der Waals surface area contributed by atoms with E-state index in [1.807, 2.05) is 53.4 Å². The molecule has 6 heteroatoms. The van der Waals surface area contributed by atoms with Crippen LogP contribution in [0.25, 0.3) is 0 Å². The van der Waals surface area contributed by atoms with Gasteiger partial charge in [0.1, 0.15) is 6.04 Å². The third kappa shape index (κ3) is 6.24. The summed E-state index contributed by atoms with van der Waals surface area (Å²) in [5, 5.41) is 9.31. The number of carbonyl (C=O) groups is 1. The summed E-state index contributed by atoms with van der Waals surface area (Å²) < 4.78 is 0. The summed E-state index contributed by atoms with van der Waals surface area (Å²) in [6.45, 7) is 4.42. The minimum atomic E-state index is -0.271. The zero-order valence-electron chi connectivity index (χ0n) is 18.3. The lowest BCUT2D eigenvalue weighted by atomic mass is 10.00. The molecule has 3 aromatic rings. The number of rotatable bonds is 4. The van der Waals surface area contributed by atoms with Gasteiger partial charge in [-0.15, -0.1) is 0 Å². The van der Waals surface area contributed by atoms with Crippen LogP contribution >= 0.6 is 0 Å². The predicted octanol–water partition coefficient (Wildman–Crippen LogP) is 3.55. The van der Waals surface area contributed by atoms with E-state index in [2.05, 4.69) is 40.2 Å². The second-order valence-corrected chi connectivity index (χ2v) is 7.66. The van der Waals surface area contributed by atoms with Gasteiger partial charge in [-0.2, -0.15) is 5.26 Å². The molecule has 0 radical (unpaired) electrons. The first-order valence-corrected chi connectivity index (χ1v) is 10.7. The molecule has 0 saturated carbocycles. The highest BCUT2D eigenvalue weighted by molar-refractivity contribution is 5.73. The van der Waals surface area contributed by atoms with Crippen molar-refractivity contribution in [1.29, 1.82) is 5.26 Å². The van der Waals surface area contributed by atoms with Crippen LogP contribution in [0.15, 0.2) is 85.2 Å². The molecule has 2 N–H and O–H groups in total. The van der Waals surface area contributed by atoms with Gasteiger partial charge in [0, 0.05) is 51.1 Å². The van der Waals surface area contributed by atoms with E-state index in [0.717, 1.165) is 29.8 Å². The van der Waals surface area contributed by atoms with Gasteiger partial charge in [0.15, 0.2) is 0 Å². The molecule has 1 atom stereocenters. The Morgan fingerprint density at radius 1 is 0.906 bits per heavy atom. The van der Waals surface area contributed by atoms with E-state index in [1.165, 1.54) is 0 Å². The number of benzene rings is 2. The molecule has 1 aliphatic heterocycles. The molecular weight excluding hydrogens is 398 g/mol. The Hall–Kier alpha value is -3.53. The first-order chi connectivity index (χ1) is 15.6. The standard InChI is InChI=1S/C13H16N4O.C13H13N/c1-11(18)16-5-7-17(8-6-16)13(9-14)12-3-2-4-15-10-12;14-13(11-7-3-1-4-8-11)12-9-5-2-6-10-12/h2-4,10,13H,5-8H2,1H3;1-10,13H,14H2. The van der Waals surface area contributed by atoms with Crippen LogP contribution in [0.3, 0.4) is 0 Å². The average molecular weight is 428 g/mol. The third-order valence-electron chi connectivity index (χ3n) is 5.56. The van der Waals surface area contributed by atoms with Crippen molar-refractivity contribution in [3.05, 3.63) is 102 Å². The maximum Gasteiger partial charge on any atom is 0.219 e. The van der Waals surface area contributed by atoms with Crippen molar-refractivity contribution in [2.24, 2.45) is 5.73 Å². The van der Waals surface area contributed by atoms with Gasteiger partial charge in [0.05, 0.1) is 12.1 Å². The Morgan fingerprint density at radius 3 is 1.88 bits per heavy atom. The highest BCUT2D eigenvalue weighted by Gasteiger charge is 2.25. The molecule has 164 valence electrons. The summed E-state index contributed by atoms with van der Waals surface area (Å²) in [6, 6.07) is 26.0. The van der Waals surface area contributed by atoms with E-state index in [0.29, 0.717) is 13.1 Å². The number of amides is 1. The molecule has 2 aromatic carbocycles. The molecule has 1 aromatic heterocycles. The number of nitriles is 1. The summed E-state index contributed by atoms with van der Waals surface area (Å²) in [5.41, 5.74) is 9.33. The van der Waals surface area contributed by atoms with Crippen molar-refractivity contribution < 1.29 is 4.79 Å². The zero-order chi connectivity index (χ0) is 22.8. The van der Waals surface area contributed by atoms with Crippen molar-refractivity contribution in [3.8, 4) is 6.07 Å². The molecule has 2 heterocycles. The van der Waals surface area contributed by atoms with Crippen LogP contribution in [0.2, 0.25) is 0 Å². The summed E-state index contributed by atoms with van der Waals surface area (Å²) in [7, 11) is 0. The van der Waals surface area contributed by atoms with Gasteiger partial charge in [-0.05, 0) is 17.2 Å². The van der Waals surface area contributed by atoms with Crippen LogP contribution < -0.4 is 5.73 Å². The molecule has 1 saturated heterocycles. The van der Waals surface area contributed by atoms with E-state index in [1.54, 1.807) is 19.3 Å². The summed E-state index contributed by atoms with van der Waals surface area (Å²) in [6.07, 6.45) is 3.43. The SMILES string of the molecule is CC(=O)N1CCN(C(C#N)c2cccnc2)CC1.NC(c1ccccc1)c1ccccc1. The van der Waals surface area contributed by atoms with E-state index in [4.69, 9.17) is 5.73 Å². The molecule has 1 aliphatic rings. The van der Waals surface area contributed by atoms with Gasteiger partial charge >= 0.3 is 0 Å². The van der Waals surface area contributed by atoms with Crippen molar-refractivity contribution in [2.75, 3.05) is 26.2 Å². The van der Waals surface area contributed by atoms with Crippen molar-refractivity contribution in [3.63, 3.8) is 0 Å². The Kier molecular flexibility index (Phi) is 8.50. The fraction of sp³-hybridized carbons (Fsp3) is 0.269. The lowest BCUT2D eigenvalue weighted by Crippen LogP contribution is -2.48. The summed E-state index contributed by atoms with van der Waals surface area (Å²) in [4.78, 5) is 19.2. The van der Waals surface area contributed by atoms with Crippen LogP contribution in [0, 0.1) is 11.3 Å². The zero-order valence-corrected chi connectivity index (χ0v) is 18.3. The van der Waals surface area contributed by atoms with Crippen LogP contribution in [0.5, 0.6) is 0 Å². The Morgan fingerprint density at radius 2 is 1.44 bits per heavy atom. The fourth-order valence-corrected chi connectivity index (χ4v) is 3.71. The molecule has 6 nitrogen and oxygen atoms in total. The van der Waals surface area contributed by atoms with Crippen molar-refractivity contribution >= 4 is 5.91 Å². The molecular formula is C26H29N5O. The van der Waals surface area contributed by atoms with E-state index < -0.39 is 0 Å². The van der Waals surface area contributed by atoms with Crippen LogP contribution in [-0.2, 0) is 4.79 Å². The number of piperazine rings is 1. The quantitative estimate of drug-likeness (QED) is 0.688. The smallest absolute Gasteiger partial charge is 0.219 e. The second kappa shape index (κ2) is 11.8. The van der Waals surface area contributed by atoms with Crippen molar-refractivity contribution in [2.45, 2.75) is 19.0 Å². The molecule has 0 spiro atoms. The molecule has 1 fully saturated rings. The number of pyridine rings is 1. The van der Waals surface area contributed by atoms with Gasteiger partial charge in [0.2, 0.25) is 5.91 Å². The topological polar surface area (TPSA) is 86.2 Å². The van der Waals surface area contributed by atoms with Crippen LogP contribution in [0.4, 0.5) is 0 Å². The Bertz CT molecular complexity index is 957. The van der Waals surface area contributed by atoms with E-state index >= 15 is 0 Å². The lowest BCUT2D eigenvalue weighted by molar-refractivity contribution is -0.130. The number of carbonyl (C=O) groups excluding carboxylic acids is 1. The molecule has 0 aliphatic carbocycles. The minimum absolute atomic E-state index is 0.0163. The summed E-state index contributed by atoms with van der Waals surface area (Å²) >= 11 is 0. The van der Waals surface area contributed by atoms with Crippen molar-refractivity contribution in [1.82, 2.24) is 14.8 Å². The van der Waals surface area contributed by atoms with Crippen LogP contribution in [-0.4, -0.2) is 46.9 Å². The maximum absolute atomic E-state index is 11.2. The first-order valence-electron chi connectivity index (χ1n) is 10.7. The number of hydrogen-bond donors (Lipinski definition) is 1. The molecule has 1 unspecified atom stereocenters.